The third-order valence-corrected chi connectivity index (χ3v) is 17.3. The van der Waals surface area contributed by atoms with Gasteiger partial charge in [-0.25, -0.2) is 0 Å². The summed E-state index contributed by atoms with van der Waals surface area (Å²) in [5, 5.41) is 0.293. The van der Waals surface area contributed by atoms with Crippen molar-refractivity contribution >= 4 is 22.4 Å². The van der Waals surface area contributed by atoms with Crippen molar-refractivity contribution in [3.05, 3.63) is 24.8 Å². The van der Waals surface area contributed by atoms with E-state index in [0.717, 1.165) is 12.8 Å². The zero-order valence-electron chi connectivity index (χ0n) is 23.7. The molecule has 33 heavy (non-hydrogen) atoms. The first-order chi connectivity index (χ1) is 15.0. The fraction of sp³-hybridized carbons (Fsp3) is 0.821. The number of hydrogen-bond acceptors (Lipinski definition) is 3. The van der Waals surface area contributed by atoms with Gasteiger partial charge < -0.3 is 8.85 Å². The molecule has 1 rings (SSSR count). The van der Waals surface area contributed by atoms with Crippen LogP contribution < -0.4 is 0 Å². The van der Waals surface area contributed by atoms with Crippen LogP contribution in [0.5, 0.6) is 0 Å². The monoisotopic (exact) mass is 494 g/mol. The molecule has 0 aliphatic heterocycles. The molecule has 0 unspecified atom stereocenters. The minimum absolute atomic E-state index is 0.0299. The van der Waals surface area contributed by atoms with Crippen LogP contribution in [-0.4, -0.2) is 34.6 Å². The van der Waals surface area contributed by atoms with Gasteiger partial charge in [0.1, 0.15) is 5.78 Å². The SMILES string of the molecule is C=CC[C@H]1C(=O)C[C@@H](O[Si](C)(C)C(C)(C)C)[C@@H]1C=C[C@H](CCCCC)O[Si](C)(C)C(C)(C)C. The molecule has 0 heterocycles. The standard InChI is InChI=1S/C28H54O3Si2/c1-13-15-16-18-22(30-32(9,10)27(3,4)5)19-20-24-23(17-14-2)25(29)21-26(24)31-33(11,12)28(6,7)8/h14,19-20,22-24,26H,2,13,15-18,21H2,1,3-12H3/t22-,23+,24+,26+/m0/s1. The molecule has 4 atom stereocenters. The molecular weight excluding hydrogens is 440 g/mol. The van der Waals surface area contributed by atoms with E-state index in [9.17, 15) is 4.79 Å². The molecular formula is C28H54O3Si2. The van der Waals surface area contributed by atoms with Crippen molar-refractivity contribution < 1.29 is 13.6 Å². The molecule has 192 valence electrons. The Morgan fingerprint density at radius 1 is 1.03 bits per heavy atom. The molecule has 0 aromatic rings. The maximum Gasteiger partial charge on any atom is 0.192 e. The number of carbonyl (C=O) groups excluding carboxylic acids is 1. The Morgan fingerprint density at radius 2 is 1.61 bits per heavy atom. The molecule has 0 aromatic heterocycles. The van der Waals surface area contributed by atoms with Gasteiger partial charge in [0.05, 0.1) is 12.2 Å². The second-order valence-corrected chi connectivity index (χ2v) is 22.6. The Morgan fingerprint density at radius 3 is 2.09 bits per heavy atom. The Bertz CT molecular complexity index is 668. The fourth-order valence-electron chi connectivity index (χ4n) is 3.96. The summed E-state index contributed by atoms with van der Waals surface area (Å²) in [4.78, 5) is 13.0. The smallest absolute Gasteiger partial charge is 0.192 e. The van der Waals surface area contributed by atoms with Crippen molar-refractivity contribution in [2.75, 3.05) is 0 Å². The van der Waals surface area contributed by atoms with E-state index < -0.39 is 16.6 Å². The number of carbonyl (C=O) groups is 1. The predicted octanol–water partition coefficient (Wildman–Crippen LogP) is 8.69. The van der Waals surface area contributed by atoms with E-state index >= 15 is 0 Å². The van der Waals surface area contributed by atoms with E-state index in [0.29, 0.717) is 12.2 Å². The first-order valence-corrected chi connectivity index (χ1v) is 19.0. The maximum atomic E-state index is 13.0. The lowest BCUT2D eigenvalue weighted by molar-refractivity contribution is -0.121. The van der Waals surface area contributed by atoms with E-state index in [4.69, 9.17) is 8.85 Å². The highest BCUT2D eigenvalue weighted by molar-refractivity contribution is 6.74. The summed E-state index contributed by atoms with van der Waals surface area (Å²) in [6.45, 7) is 29.1. The number of rotatable bonds is 12. The number of allylic oxidation sites excluding steroid dienone is 1. The Kier molecular flexibility index (Phi) is 11.1. The van der Waals surface area contributed by atoms with Crippen LogP contribution in [0.15, 0.2) is 24.8 Å². The molecule has 5 heteroatoms. The molecule has 0 radical (unpaired) electrons. The van der Waals surface area contributed by atoms with E-state index in [-0.39, 0.29) is 34.1 Å². The van der Waals surface area contributed by atoms with Crippen LogP contribution in [0.3, 0.4) is 0 Å². The Balaban J connectivity index is 3.20. The molecule has 0 amide bonds. The average molecular weight is 495 g/mol. The zero-order chi connectivity index (χ0) is 25.7. The lowest BCUT2D eigenvalue weighted by atomic mass is 9.90. The van der Waals surface area contributed by atoms with Crippen LogP contribution in [0.25, 0.3) is 0 Å². The molecule has 0 spiro atoms. The number of ketones is 1. The van der Waals surface area contributed by atoms with Crippen LogP contribution >= 0.6 is 0 Å². The third-order valence-electron chi connectivity index (χ3n) is 8.28. The van der Waals surface area contributed by atoms with E-state index in [1.807, 2.05) is 6.08 Å². The summed E-state index contributed by atoms with van der Waals surface area (Å²) in [7, 11) is -3.86. The average Bonchev–Trinajstić information content (AvgIpc) is 2.92. The van der Waals surface area contributed by atoms with Gasteiger partial charge in [-0.2, -0.15) is 0 Å². The largest absolute Gasteiger partial charge is 0.413 e. The Hall–Kier alpha value is -0.496. The van der Waals surface area contributed by atoms with Gasteiger partial charge in [-0.05, 0) is 49.1 Å². The molecule has 3 nitrogen and oxygen atoms in total. The van der Waals surface area contributed by atoms with Crippen molar-refractivity contribution in [3.8, 4) is 0 Å². The minimum atomic E-state index is -1.98. The summed E-state index contributed by atoms with van der Waals surface area (Å²) in [5.41, 5.74) is 0. The summed E-state index contributed by atoms with van der Waals surface area (Å²) in [6.07, 6.45) is 12.4. The van der Waals surface area contributed by atoms with Gasteiger partial charge in [-0.15, -0.1) is 6.58 Å². The molecule has 1 saturated carbocycles. The van der Waals surface area contributed by atoms with Crippen LogP contribution in [0.4, 0.5) is 0 Å². The van der Waals surface area contributed by atoms with Crippen molar-refractivity contribution in [1.29, 1.82) is 0 Å². The quantitative estimate of drug-likeness (QED) is 0.155. The molecule has 0 N–H and O–H groups in total. The van der Waals surface area contributed by atoms with E-state index in [1.54, 1.807) is 0 Å². The van der Waals surface area contributed by atoms with Crippen LogP contribution in [0, 0.1) is 11.8 Å². The fourth-order valence-corrected chi connectivity index (χ4v) is 6.62. The first kappa shape index (κ1) is 30.5. The number of unbranched alkanes of at least 4 members (excludes halogenated alkanes) is 2. The number of Topliss-reactive ketones (excluding diaryl/α,β-unsaturated/α-hetero) is 1. The highest BCUT2D eigenvalue weighted by Crippen LogP contribution is 2.43. The van der Waals surface area contributed by atoms with Gasteiger partial charge in [0.25, 0.3) is 0 Å². The number of hydrogen-bond donors (Lipinski definition) is 0. The molecule has 0 aromatic carbocycles. The van der Waals surface area contributed by atoms with Crippen molar-refractivity contribution in [1.82, 2.24) is 0 Å². The first-order valence-electron chi connectivity index (χ1n) is 13.1. The van der Waals surface area contributed by atoms with Crippen molar-refractivity contribution in [3.63, 3.8) is 0 Å². The predicted molar refractivity (Wildman–Crippen MR) is 149 cm³/mol. The summed E-state index contributed by atoms with van der Waals surface area (Å²) < 4.78 is 13.6. The lowest BCUT2D eigenvalue weighted by Gasteiger charge is -2.40. The van der Waals surface area contributed by atoms with Gasteiger partial charge in [-0.1, -0.05) is 86.0 Å². The zero-order valence-corrected chi connectivity index (χ0v) is 25.7. The highest BCUT2D eigenvalue weighted by atomic mass is 28.4. The molecule has 0 bridgehead atoms. The molecule has 1 fully saturated rings. The third kappa shape index (κ3) is 8.59. The topological polar surface area (TPSA) is 35.5 Å². The second-order valence-electron chi connectivity index (χ2n) is 13.1. The molecule has 0 saturated heterocycles. The van der Waals surface area contributed by atoms with Crippen molar-refractivity contribution in [2.45, 2.75) is 135 Å². The Labute approximate surface area is 208 Å². The van der Waals surface area contributed by atoms with Gasteiger partial charge in [-0.3, -0.25) is 4.79 Å². The summed E-state index contributed by atoms with van der Waals surface area (Å²) in [6, 6.07) is 0. The molecule has 1 aliphatic rings. The minimum Gasteiger partial charge on any atom is -0.413 e. The highest BCUT2D eigenvalue weighted by Gasteiger charge is 2.47. The second kappa shape index (κ2) is 12.0. The maximum absolute atomic E-state index is 13.0. The normalized spacial score (nSPS) is 24.0. The van der Waals surface area contributed by atoms with Crippen LogP contribution in [0.1, 0.15) is 87.0 Å². The van der Waals surface area contributed by atoms with Gasteiger partial charge in [0.15, 0.2) is 16.6 Å². The molecule has 1 aliphatic carbocycles. The summed E-state index contributed by atoms with van der Waals surface area (Å²) in [5.74, 6) is 0.389. The van der Waals surface area contributed by atoms with Gasteiger partial charge >= 0.3 is 0 Å². The summed E-state index contributed by atoms with van der Waals surface area (Å²) >= 11 is 0. The van der Waals surface area contributed by atoms with Gasteiger partial charge in [0, 0.05) is 18.3 Å². The van der Waals surface area contributed by atoms with Crippen molar-refractivity contribution in [2.24, 2.45) is 11.8 Å². The van der Waals surface area contributed by atoms with E-state index in [1.165, 1.54) is 19.3 Å². The van der Waals surface area contributed by atoms with Crippen LogP contribution in [-0.2, 0) is 13.6 Å². The van der Waals surface area contributed by atoms with Crippen LogP contribution in [0.2, 0.25) is 36.3 Å². The lowest BCUT2D eigenvalue weighted by Crippen LogP contribution is -2.45. The van der Waals surface area contributed by atoms with E-state index in [2.05, 4.69) is 93.4 Å². The van der Waals surface area contributed by atoms with Gasteiger partial charge in [0.2, 0.25) is 0 Å².